The summed E-state index contributed by atoms with van der Waals surface area (Å²) in [6, 6.07) is 8.61. The first-order valence-electron chi connectivity index (χ1n) is 8.30. The molecule has 0 bridgehead atoms. The van der Waals surface area contributed by atoms with E-state index >= 15 is 0 Å². The molecule has 0 atom stereocenters. The molecule has 1 aliphatic carbocycles. The lowest BCUT2D eigenvalue weighted by Gasteiger charge is -2.04. The van der Waals surface area contributed by atoms with E-state index in [9.17, 15) is 13.2 Å². The fraction of sp³-hybridized carbons (Fsp3) is 0.278. The van der Waals surface area contributed by atoms with Crippen molar-refractivity contribution in [3.63, 3.8) is 0 Å². The highest BCUT2D eigenvalue weighted by atomic mass is 35.5. The minimum absolute atomic E-state index is 0.438. The van der Waals surface area contributed by atoms with Crippen LogP contribution in [0.15, 0.2) is 35.7 Å². The zero-order valence-corrected chi connectivity index (χ0v) is 16.4. The number of benzene rings is 1. The summed E-state index contributed by atoms with van der Waals surface area (Å²) in [5.41, 5.74) is 4.17. The van der Waals surface area contributed by atoms with Crippen LogP contribution in [-0.4, -0.2) is 14.3 Å². The smallest absolute Gasteiger partial charge is 0.273 e. The number of amides is 1. The Kier molecular flexibility index (Phi) is 6.13. The van der Waals surface area contributed by atoms with Crippen LogP contribution in [0.25, 0.3) is 6.08 Å². The standard InChI is InChI=1S/C18H19ClN2O3S2/c19-15-8-6-13(7-9-15)10-11-26(23,24)21-20-18(22)17-12-14-4-2-1-3-5-16(14)25-17/h6-12,21H,1-5H2,(H,20,22)/b11-10+. The number of hydrazine groups is 1. The Balaban J connectivity index is 1.60. The third-order valence-corrected chi connectivity index (χ3v) is 6.46. The molecule has 1 aliphatic rings. The van der Waals surface area contributed by atoms with Crippen LogP contribution in [0.3, 0.4) is 0 Å². The molecule has 2 aromatic rings. The number of hydrogen-bond donors (Lipinski definition) is 2. The summed E-state index contributed by atoms with van der Waals surface area (Å²) in [5, 5.41) is 1.57. The number of rotatable bonds is 5. The molecule has 0 saturated heterocycles. The van der Waals surface area contributed by atoms with Crippen LogP contribution in [0.1, 0.15) is 44.9 Å². The predicted molar refractivity (Wildman–Crippen MR) is 106 cm³/mol. The van der Waals surface area contributed by atoms with Crippen LogP contribution in [0.4, 0.5) is 0 Å². The first-order valence-corrected chi connectivity index (χ1v) is 11.0. The summed E-state index contributed by atoms with van der Waals surface area (Å²) >= 11 is 7.23. The Morgan fingerprint density at radius 2 is 1.85 bits per heavy atom. The Bertz CT molecular complexity index is 895. The van der Waals surface area contributed by atoms with Gasteiger partial charge in [0.1, 0.15) is 0 Å². The number of hydrogen-bond acceptors (Lipinski definition) is 4. The van der Waals surface area contributed by atoms with Crippen molar-refractivity contribution in [1.82, 2.24) is 10.3 Å². The fourth-order valence-corrected chi connectivity index (χ4v) is 4.65. The highest BCUT2D eigenvalue weighted by molar-refractivity contribution is 7.92. The number of sulfonamides is 1. The summed E-state index contributed by atoms with van der Waals surface area (Å²) in [6.45, 7) is 0. The lowest BCUT2D eigenvalue weighted by molar-refractivity contribution is 0.0949. The lowest BCUT2D eigenvalue weighted by Crippen LogP contribution is -2.40. The molecule has 2 N–H and O–H groups in total. The topological polar surface area (TPSA) is 75.3 Å². The molecule has 0 spiro atoms. The van der Waals surface area contributed by atoms with Crippen LogP contribution in [0, 0.1) is 0 Å². The van der Waals surface area contributed by atoms with E-state index in [1.54, 1.807) is 24.3 Å². The van der Waals surface area contributed by atoms with Gasteiger partial charge in [-0.3, -0.25) is 10.2 Å². The molecule has 1 heterocycles. The second-order valence-electron chi connectivity index (χ2n) is 6.08. The van der Waals surface area contributed by atoms with Gasteiger partial charge >= 0.3 is 0 Å². The molecule has 3 rings (SSSR count). The molecule has 26 heavy (non-hydrogen) atoms. The zero-order valence-electron chi connectivity index (χ0n) is 14.0. The van der Waals surface area contributed by atoms with Crippen molar-refractivity contribution in [2.75, 3.05) is 0 Å². The molecular weight excluding hydrogens is 392 g/mol. The molecule has 138 valence electrons. The van der Waals surface area contributed by atoms with E-state index in [4.69, 9.17) is 11.6 Å². The average Bonchev–Trinajstić information content (AvgIpc) is 2.90. The van der Waals surface area contributed by atoms with Gasteiger partial charge in [0.25, 0.3) is 15.9 Å². The van der Waals surface area contributed by atoms with E-state index in [1.807, 2.05) is 6.07 Å². The maximum absolute atomic E-state index is 12.2. The maximum atomic E-state index is 12.2. The van der Waals surface area contributed by atoms with E-state index in [-0.39, 0.29) is 0 Å². The van der Waals surface area contributed by atoms with Crippen molar-refractivity contribution >= 4 is 44.9 Å². The molecule has 0 unspecified atom stereocenters. The van der Waals surface area contributed by atoms with Crippen molar-refractivity contribution in [2.45, 2.75) is 32.1 Å². The van der Waals surface area contributed by atoms with Gasteiger partial charge in [-0.15, -0.1) is 16.2 Å². The number of carbonyl (C=O) groups is 1. The number of halogens is 1. The molecule has 0 saturated carbocycles. The fourth-order valence-electron chi connectivity index (χ4n) is 2.73. The normalized spacial score (nSPS) is 14.8. The SMILES string of the molecule is O=C(NNS(=O)(=O)/C=C/c1ccc(Cl)cc1)c1cc2c(s1)CCCCC2. The molecule has 8 heteroatoms. The third-order valence-electron chi connectivity index (χ3n) is 4.09. The van der Waals surface area contributed by atoms with E-state index in [1.165, 1.54) is 34.3 Å². The maximum Gasteiger partial charge on any atom is 0.276 e. The van der Waals surface area contributed by atoms with Gasteiger partial charge in [-0.2, -0.15) is 0 Å². The Hall–Kier alpha value is -1.67. The van der Waals surface area contributed by atoms with Crippen molar-refractivity contribution in [3.05, 3.63) is 61.6 Å². The van der Waals surface area contributed by atoms with Gasteiger partial charge in [-0.1, -0.05) is 30.2 Å². The van der Waals surface area contributed by atoms with E-state index in [0.29, 0.717) is 15.5 Å². The summed E-state index contributed by atoms with van der Waals surface area (Å²) in [5.74, 6) is -0.438. The van der Waals surface area contributed by atoms with Gasteiger partial charge in [0.15, 0.2) is 0 Å². The summed E-state index contributed by atoms with van der Waals surface area (Å²) in [7, 11) is -3.79. The van der Waals surface area contributed by atoms with Gasteiger partial charge in [0, 0.05) is 15.3 Å². The van der Waals surface area contributed by atoms with Gasteiger partial charge in [0.2, 0.25) is 0 Å². The number of fused-ring (bicyclic) bond motifs is 1. The molecule has 5 nitrogen and oxygen atoms in total. The van der Waals surface area contributed by atoms with Crippen LogP contribution >= 0.6 is 22.9 Å². The lowest BCUT2D eigenvalue weighted by atomic mass is 10.1. The van der Waals surface area contributed by atoms with Crippen LogP contribution in [0.2, 0.25) is 5.02 Å². The molecular formula is C18H19ClN2O3S2. The number of thiophene rings is 1. The van der Waals surface area contributed by atoms with Gasteiger partial charge in [-0.05, 0) is 61.1 Å². The molecule has 0 radical (unpaired) electrons. The molecule has 0 aliphatic heterocycles. The predicted octanol–water partition coefficient (Wildman–Crippen LogP) is 3.91. The van der Waals surface area contributed by atoms with Crippen LogP contribution < -0.4 is 10.3 Å². The molecule has 1 aromatic heterocycles. The highest BCUT2D eigenvalue weighted by Crippen LogP contribution is 2.28. The Morgan fingerprint density at radius 3 is 2.62 bits per heavy atom. The van der Waals surface area contributed by atoms with Crippen molar-refractivity contribution in [3.8, 4) is 0 Å². The van der Waals surface area contributed by atoms with Crippen LogP contribution in [0.5, 0.6) is 0 Å². The zero-order chi connectivity index (χ0) is 18.6. The average molecular weight is 411 g/mol. The Morgan fingerprint density at radius 1 is 1.12 bits per heavy atom. The molecule has 1 aromatic carbocycles. The summed E-state index contributed by atoms with van der Waals surface area (Å²) in [6.07, 6.45) is 6.88. The Labute approximate surface area is 162 Å². The second-order valence-corrected chi connectivity index (χ2v) is 9.21. The number of nitrogens with one attached hydrogen (secondary N) is 2. The largest absolute Gasteiger partial charge is 0.276 e. The summed E-state index contributed by atoms with van der Waals surface area (Å²) < 4.78 is 24.0. The minimum atomic E-state index is -3.79. The van der Waals surface area contributed by atoms with E-state index < -0.39 is 15.9 Å². The van der Waals surface area contributed by atoms with Crippen molar-refractivity contribution in [2.24, 2.45) is 0 Å². The van der Waals surface area contributed by atoms with Crippen LogP contribution in [-0.2, 0) is 22.9 Å². The van der Waals surface area contributed by atoms with Gasteiger partial charge in [-0.25, -0.2) is 8.42 Å². The first-order chi connectivity index (χ1) is 12.4. The molecule has 1 amide bonds. The number of aryl methyl sites for hydroxylation is 2. The highest BCUT2D eigenvalue weighted by Gasteiger charge is 2.17. The third kappa shape index (κ3) is 5.17. The van der Waals surface area contributed by atoms with Crippen molar-refractivity contribution < 1.29 is 13.2 Å². The molecule has 0 fully saturated rings. The monoisotopic (exact) mass is 410 g/mol. The van der Waals surface area contributed by atoms with Gasteiger partial charge < -0.3 is 0 Å². The van der Waals surface area contributed by atoms with E-state index in [0.717, 1.165) is 31.1 Å². The van der Waals surface area contributed by atoms with Crippen molar-refractivity contribution in [1.29, 1.82) is 0 Å². The minimum Gasteiger partial charge on any atom is -0.273 e. The quantitative estimate of drug-likeness (QED) is 0.579. The second kappa shape index (κ2) is 8.35. The van der Waals surface area contributed by atoms with Gasteiger partial charge in [0.05, 0.1) is 4.88 Å². The first kappa shape index (κ1) is 19.1. The number of carbonyl (C=O) groups excluding carboxylic acids is 1. The summed E-state index contributed by atoms with van der Waals surface area (Å²) in [4.78, 5) is 16.1. The van der Waals surface area contributed by atoms with E-state index in [2.05, 4.69) is 10.3 Å².